The van der Waals surface area contributed by atoms with Crippen LogP contribution in [0.15, 0.2) is 0 Å². The Morgan fingerprint density at radius 3 is 2.12 bits per heavy atom. The van der Waals surface area contributed by atoms with E-state index in [2.05, 4.69) is 22.9 Å². The molecule has 5 aliphatic rings. The first-order valence-electron chi connectivity index (χ1n) is 10.8. The normalized spacial score (nSPS) is 42.3. The standard InChI is InChI=1S/C21H35N3O2/c1-13-5-3-4-6-18(13)22-14(2)19(25)23-20(26)24-21-10-15-7-16(11-21)9-17(8-15)12-21/h13-18,22H,3-12H2,1-2H3,(H2,23,24,25,26)/t13-,14+,15?,16?,17?,18+,21?/m1/s1. The van der Waals surface area contributed by atoms with E-state index in [0.717, 1.165) is 43.4 Å². The van der Waals surface area contributed by atoms with Crippen LogP contribution in [0.3, 0.4) is 0 Å². The van der Waals surface area contributed by atoms with Crippen molar-refractivity contribution in [1.29, 1.82) is 0 Å². The summed E-state index contributed by atoms with van der Waals surface area (Å²) in [6, 6.07) is -0.235. The highest BCUT2D eigenvalue weighted by Crippen LogP contribution is 2.55. The maximum Gasteiger partial charge on any atom is 0.321 e. The molecule has 3 N–H and O–H groups in total. The predicted molar refractivity (Wildman–Crippen MR) is 102 cm³/mol. The van der Waals surface area contributed by atoms with Crippen LogP contribution >= 0.6 is 0 Å². The monoisotopic (exact) mass is 361 g/mol. The Balaban J connectivity index is 1.28. The SMILES string of the molecule is C[C@H](N[C@H]1CCCC[C@H]1C)C(=O)NC(=O)NC12CC3CC(CC(C3)C1)C2. The number of urea groups is 1. The number of amides is 3. The number of carbonyl (C=O) groups excluding carboxylic acids is 2. The lowest BCUT2D eigenvalue weighted by molar-refractivity contribution is -0.122. The Morgan fingerprint density at radius 1 is 0.962 bits per heavy atom. The molecule has 5 heteroatoms. The fourth-order valence-corrected chi connectivity index (χ4v) is 6.72. The third-order valence-corrected chi connectivity index (χ3v) is 7.62. The van der Waals surface area contributed by atoms with Crippen LogP contribution in [0.2, 0.25) is 0 Å². The van der Waals surface area contributed by atoms with Crippen molar-refractivity contribution in [2.45, 2.75) is 95.7 Å². The predicted octanol–water partition coefficient (Wildman–Crippen LogP) is 3.34. The van der Waals surface area contributed by atoms with Crippen molar-refractivity contribution in [2.75, 3.05) is 0 Å². The summed E-state index contributed by atoms with van der Waals surface area (Å²) in [5.41, 5.74) is -0.0480. The van der Waals surface area contributed by atoms with E-state index in [1.807, 2.05) is 6.92 Å². The summed E-state index contributed by atoms with van der Waals surface area (Å²) < 4.78 is 0. The fourth-order valence-electron chi connectivity index (χ4n) is 6.72. The highest BCUT2D eigenvalue weighted by atomic mass is 16.2. The van der Waals surface area contributed by atoms with Gasteiger partial charge in [-0.15, -0.1) is 0 Å². The topological polar surface area (TPSA) is 70.2 Å². The van der Waals surface area contributed by atoms with E-state index in [9.17, 15) is 9.59 Å². The van der Waals surface area contributed by atoms with Crippen LogP contribution in [-0.2, 0) is 4.79 Å². The average Bonchev–Trinajstić information content (AvgIpc) is 2.54. The molecule has 0 aromatic heterocycles. The quantitative estimate of drug-likeness (QED) is 0.719. The van der Waals surface area contributed by atoms with Crippen molar-refractivity contribution in [1.82, 2.24) is 16.0 Å². The number of carbonyl (C=O) groups is 2. The molecular weight excluding hydrogens is 326 g/mol. The maximum atomic E-state index is 12.5. The van der Waals surface area contributed by atoms with Gasteiger partial charge in [-0.25, -0.2) is 4.79 Å². The number of hydrogen-bond donors (Lipinski definition) is 3. The summed E-state index contributed by atoms with van der Waals surface area (Å²) >= 11 is 0. The molecule has 3 atom stereocenters. The van der Waals surface area contributed by atoms with E-state index >= 15 is 0 Å². The van der Waals surface area contributed by atoms with Crippen molar-refractivity contribution in [2.24, 2.45) is 23.7 Å². The van der Waals surface area contributed by atoms with Gasteiger partial charge in [-0.05, 0) is 82.0 Å². The molecule has 0 aliphatic heterocycles. The van der Waals surface area contributed by atoms with Crippen molar-refractivity contribution in [3.8, 4) is 0 Å². The zero-order chi connectivity index (χ0) is 18.3. The van der Waals surface area contributed by atoms with Crippen molar-refractivity contribution >= 4 is 11.9 Å². The van der Waals surface area contributed by atoms with Crippen LogP contribution in [0.5, 0.6) is 0 Å². The second kappa shape index (κ2) is 7.14. The lowest BCUT2D eigenvalue weighted by Crippen LogP contribution is -2.62. The molecule has 0 heterocycles. The van der Waals surface area contributed by atoms with Gasteiger partial charge in [0.15, 0.2) is 0 Å². The Hall–Kier alpha value is -1.10. The first-order chi connectivity index (χ1) is 12.4. The molecule has 0 unspecified atom stereocenters. The largest absolute Gasteiger partial charge is 0.332 e. The lowest BCUT2D eigenvalue weighted by Gasteiger charge is -2.56. The summed E-state index contributed by atoms with van der Waals surface area (Å²) in [5, 5.41) is 9.27. The molecule has 26 heavy (non-hydrogen) atoms. The molecule has 0 saturated heterocycles. The summed E-state index contributed by atoms with van der Waals surface area (Å²) in [4.78, 5) is 25.0. The lowest BCUT2D eigenvalue weighted by atomic mass is 9.53. The first-order valence-corrected chi connectivity index (χ1v) is 10.8. The van der Waals surface area contributed by atoms with Crippen LogP contribution < -0.4 is 16.0 Å². The minimum absolute atomic E-state index is 0.0480. The van der Waals surface area contributed by atoms with E-state index in [4.69, 9.17) is 0 Å². The van der Waals surface area contributed by atoms with Gasteiger partial charge in [0.2, 0.25) is 5.91 Å². The number of rotatable bonds is 4. The molecule has 0 aromatic carbocycles. The first kappa shape index (κ1) is 18.3. The Morgan fingerprint density at radius 2 is 1.54 bits per heavy atom. The van der Waals surface area contributed by atoms with Gasteiger partial charge < -0.3 is 10.6 Å². The fraction of sp³-hybridized carbons (Fsp3) is 0.905. The van der Waals surface area contributed by atoms with E-state index in [1.54, 1.807) is 0 Å². The zero-order valence-electron chi connectivity index (χ0n) is 16.4. The molecule has 5 saturated carbocycles. The molecule has 0 aromatic rings. The molecule has 5 rings (SSSR count). The van der Waals surface area contributed by atoms with Crippen molar-refractivity contribution < 1.29 is 9.59 Å². The molecular formula is C21H35N3O2. The summed E-state index contributed by atoms with van der Waals surface area (Å²) in [6.07, 6.45) is 12.2. The Kier molecular flexibility index (Phi) is 5.02. The molecule has 146 valence electrons. The van der Waals surface area contributed by atoms with Crippen LogP contribution in [-0.4, -0.2) is 29.6 Å². The van der Waals surface area contributed by atoms with Crippen LogP contribution in [0.4, 0.5) is 4.79 Å². The number of hydrogen-bond acceptors (Lipinski definition) is 3. The second-order valence-electron chi connectivity index (χ2n) is 9.90. The van der Waals surface area contributed by atoms with Crippen LogP contribution in [0.25, 0.3) is 0 Å². The van der Waals surface area contributed by atoms with Crippen LogP contribution in [0, 0.1) is 23.7 Å². The third-order valence-electron chi connectivity index (χ3n) is 7.62. The number of imide groups is 1. The average molecular weight is 362 g/mol. The van der Waals surface area contributed by atoms with E-state index in [-0.39, 0.29) is 23.5 Å². The molecule has 0 radical (unpaired) electrons. The molecule has 3 amide bonds. The smallest absolute Gasteiger partial charge is 0.321 e. The molecule has 5 fully saturated rings. The Bertz CT molecular complexity index is 526. The second-order valence-corrected chi connectivity index (χ2v) is 9.90. The number of nitrogens with one attached hydrogen (secondary N) is 3. The molecule has 4 bridgehead atoms. The molecule has 0 spiro atoms. The van der Waals surface area contributed by atoms with Gasteiger partial charge in [-0.2, -0.15) is 0 Å². The Labute approximate surface area is 157 Å². The van der Waals surface area contributed by atoms with E-state index in [1.165, 1.54) is 38.5 Å². The highest BCUT2D eigenvalue weighted by Gasteiger charge is 2.51. The summed E-state index contributed by atoms with van der Waals surface area (Å²) in [6.45, 7) is 4.12. The third kappa shape index (κ3) is 3.78. The van der Waals surface area contributed by atoms with Crippen molar-refractivity contribution in [3.05, 3.63) is 0 Å². The molecule has 5 aliphatic carbocycles. The maximum absolute atomic E-state index is 12.5. The van der Waals surface area contributed by atoms with Crippen molar-refractivity contribution in [3.63, 3.8) is 0 Å². The van der Waals surface area contributed by atoms with Gasteiger partial charge in [0.25, 0.3) is 0 Å². The van der Waals surface area contributed by atoms with Gasteiger partial charge in [-0.1, -0.05) is 19.8 Å². The zero-order valence-corrected chi connectivity index (χ0v) is 16.4. The van der Waals surface area contributed by atoms with Gasteiger partial charge in [0.1, 0.15) is 0 Å². The van der Waals surface area contributed by atoms with Gasteiger partial charge in [0.05, 0.1) is 6.04 Å². The minimum atomic E-state index is -0.331. The van der Waals surface area contributed by atoms with E-state index < -0.39 is 0 Å². The summed E-state index contributed by atoms with van der Waals surface area (Å²) in [5.74, 6) is 2.74. The highest BCUT2D eigenvalue weighted by molar-refractivity contribution is 5.97. The minimum Gasteiger partial charge on any atom is -0.332 e. The van der Waals surface area contributed by atoms with Crippen LogP contribution in [0.1, 0.15) is 78.1 Å². The van der Waals surface area contributed by atoms with Gasteiger partial charge in [-0.3, -0.25) is 10.1 Å². The molecule has 5 nitrogen and oxygen atoms in total. The van der Waals surface area contributed by atoms with Gasteiger partial charge >= 0.3 is 6.03 Å². The van der Waals surface area contributed by atoms with Gasteiger partial charge in [0, 0.05) is 11.6 Å². The summed E-state index contributed by atoms with van der Waals surface area (Å²) in [7, 11) is 0. The van der Waals surface area contributed by atoms with E-state index in [0.29, 0.717) is 12.0 Å².